The second-order valence-electron chi connectivity index (χ2n) is 2.57. The standard InChI is InChI=1S/C9H5BrO2S/c10-6-2-1-3-7-5(6)4-8(13-7)9(11)12/h1-4H,(H,11,12). The van der Waals surface area contributed by atoms with Gasteiger partial charge in [-0.1, -0.05) is 22.0 Å². The fraction of sp³-hybridized carbons (Fsp3) is 0. The Morgan fingerprint density at radius 1 is 1.46 bits per heavy atom. The van der Waals surface area contributed by atoms with E-state index < -0.39 is 5.97 Å². The molecular weight excluding hydrogens is 252 g/mol. The minimum atomic E-state index is -0.867. The van der Waals surface area contributed by atoms with Crippen molar-refractivity contribution in [1.29, 1.82) is 0 Å². The number of benzene rings is 1. The van der Waals surface area contributed by atoms with Crippen LogP contribution in [0.3, 0.4) is 0 Å². The topological polar surface area (TPSA) is 37.3 Å². The molecule has 2 nitrogen and oxygen atoms in total. The van der Waals surface area contributed by atoms with Gasteiger partial charge in [0, 0.05) is 14.6 Å². The number of carboxylic acids is 1. The summed E-state index contributed by atoms with van der Waals surface area (Å²) in [6.45, 7) is 0. The third kappa shape index (κ3) is 1.47. The van der Waals surface area contributed by atoms with Gasteiger partial charge in [-0.2, -0.15) is 0 Å². The van der Waals surface area contributed by atoms with Gasteiger partial charge in [-0.3, -0.25) is 0 Å². The third-order valence-electron chi connectivity index (χ3n) is 1.72. The second-order valence-corrected chi connectivity index (χ2v) is 4.51. The lowest BCUT2D eigenvalue weighted by molar-refractivity contribution is 0.0702. The van der Waals surface area contributed by atoms with Crippen molar-refractivity contribution in [2.45, 2.75) is 0 Å². The van der Waals surface area contributed by atoms with E-state index in [0.29, 0.717) is 4.88 Å². The van der Waals surface area contributed by atoms with Crippen molar-refractivity contribution < 1.29 is 9.90 Å². The maximum absolute atomic E-state index is 10.7. The summed E-state index contributed by atoms with van der Waals surface area (Å²) in [4.78, 5) is 11.1. The van der Waals surface area contributed by atoms with Crippen LogP contribution in [0.4, 0.5) is 0 Å². The number of carbonyl (C=O) groups is 1. The molecule has 0 aliphatic carbocycles. The lowest BCUT2D eigenvalue weighted by Crippen LogP contribution is -1.89. The molecule has 0 fully saturated rings. The van der Waals surface area contributed by atoms with Gasteiger partial charge in [0.15, 0.2) is 0 Å². The Labute approximate surface area is 86.9 Å². The summed E-state index contributed by atoms with van der Waals surface area (Å²) >= 11 is 4.66. The van der Waals surface area contributed by atoms with Crippen LogP contribution < -0.4 is 0 Å². The van der Waals surface area contributed by atoms with Crippen LogP contribution in [0.15, 0.2) is 28.7 Å². The molecule has 0 aliphatic rings. The van der Waals surface area contributed by atoms with Crippen molar-refractivity contribution in [3.63, 3.8) is 0 Å². The van der Waals surface area contributed by atoms with E-state index in [4.69, 9.17) is 5.11 Å². The first-order valence-corrected chi connectivity index (χ1v) is 5.21. The molecule has 2 rings (SSSR count). The molecule has 1 aromatic heterocycles. The average Bonchev–Trinajstić information content (AvgIpc) is 2.49. The lowest BCUT2D eigenvalue weighted by atomic mass is 10.2. The smallest absolute Gasteiger partial charge is 0.345 e. The van der Waals surface area contributed by atoms with Gasteiger partial charge >= 0.3 is 5.97 Å². The summed E-state index contributed by atoms with van der Waals surface area (Å²) < 4.78 is 1.93. The molecular formula is C9H5BrO2S. The zero-order valence-electron chi connectivity index (χ0n) is 6.45. The number of rotatable bonds is 1. The summed E-state index contributed by atoms with van der Waals surface area (Å²) in [5, 5.41) is 9.73. The number of fused-ring (bicyclic) bond motifs is 1. The maximum Gasteiger partial charge on any atom is 0.345 e. The predicted octanol–water partition coefficient (Wildman–Crippen LogP) is 3.36. The van der Waals surface area contributed by atoms with Crippen LogP contribution in [0.1, 0.15) is 9.67 Å². The summed E-state index contributed by atoms with van der Waals surface area (Å²) in [5.41, 5.74) is 0. The minimum Gasteiger partial charge on any atom is -0.477 e. The Bertz CT molecular complexity index is 475. The van der Waals surface area contributed by atoms with Crippen LogP contribution in [-0.4, -0.2) is 11.1 Å². The molecule has 13 heavy (non-hydrogen) atoms. The fourth-order valence-corrected chi connectivity index (χ4v) is 2.67. The Hall–Kier alpha value is -0.870. The quantitative estimate of drug-likeness (QED) is 0.850. The number of carboxylic acid groups (broad SMARTS) is 1. The average molecular weight is 257 g/mol. The first kappa shape index (κ1) is 8.72. The van der Waals surface area contributed by atoms with E-state index in [0.717, 1.165) is 14.6 Å². The molecule has 0 atom stereocenters. The zero-order valence-corrected chi connectivity index (χ0v) is 8.85. The van der Waals surface area contributed by atoms with Gasteiger partial charge in [0.1, 0.15) is 4.88 Å². The SMILES string of the molecule is O=C(O)c1cc2c(Br)cccc2s1. The molecule has 0 aliphatic heterocycles. The molecule has 0 spiro atoms. The van der Waals surface area contributed by atoms with Gasteiger partial charge in [0.05, 0.1) is 0 Å². The predicted molar refractivity (Wildman–Crippen MR) is 56.5 cm³/mol. The van der Waals surface area contributed by atoms with Crippen molar-refractivity contribution in [3.05, 3.63) is 33.6 Å². The molecule has 0 saturated heterocycles. The Kier molecular flexibility index (Phi) is 2.09. The van der Waals surface area contributed by atoms with Crippen molar-refractivity contribution in [1.82, 2.24) is 0 Å². The molecule has 0 bridgehead atoms. The lowest BCUT2D eigenvalue weighted by Gasteiger charge is -1.89. The first-order valence-electron chi connectivity index (χ1n) is 3.60. The third-order valence-corrected chi connectivity index (χ3v) is 3.50. The highest BCUT2D eigenvalue weighted by atomic mass is 79.9. The molecule has 0 amide bonds. The Morgan fingerprint density at radius 2 is 2.23 bits per heavy atom. The molecule has 2 aromatic rings. The second kappa shape index (κ2) is 3.12. The molecule has 1 N–H and O–H groups in total. The summed E-state index contributed by atoms with van der Waals surface area (Å²) in [5.74, 6) is -0.867. The van der Waals surface area contributed by atoms with E-state index in [1.54, 1.807) is 6.07 Å². The number of hydrogen-bond acceptors (Lipinski definition) is 2. The van der Waals surface area contributed by atoms with Crippen LogP contribution >= 0.6 is 27.3 Å². The molecule has 4 heteroatoms. The highest BCUT2D eigenvalue weighted by Gasteiger charge is 2.09. The number of hydrogen-bond donors (Lipinski definition) is 1. The van der Waals surface area contributed by atoms with Crippen molar-refractivity contribution in [2.75, 3.05) is 0 Å². The Balaban J connectivity index is 2.75. The van der Waals surface area contributed by atoms with Gasteiger partial charge in [0.2, 0.25) is 0 Å². The largest absolute Gasteiger partial charge is 0.477 e. The summed E-state index contributed by atoms with van der Waals surface area (Å²) in [6.07, 6.45) is 0. The van der Waals surface area contributed by atoms with E-state index in [9.17, 15) is 4.79 Å². The molecule has 0 radical (unpaired) electrons. The van der Waals surface area contributed by atoms with E-state index >= 15 is 0 Å². The van der Waals surface area contributed by atoms with Crippen LogP contribution in [0.2, 0.25) is 0 Å². The summed E-state index contributed by atoms with van der Waals surface area (Å²) in [6, 6.07) is 7.40. The molecule has 0 saturated carbocycles. The fourth-order valence-electron chi connectivity index (χ4n) is 1.13. The molecule has 66 valence electrons. The normalized spacial score (nSPS) is 10.5. The number of aromatic carboxylic acids is 1. The number of thiophene rings is 1. The van der Waals surface area contributed by atoms with Gasteiger partial charge in [-0.25, -0.2) is 4.79 Å². The van der Waals surface area contributed by atoms with Crippen LogP contribution in [0.5, 0.6) is 0 Å². The van der Waals surface area contributed by atoms with E-state index in [1.165, 1.54) is 11.3 Å². The zero-order chi connectivity index (χ0) is 9.42. The van der Waals surface area contributed by atoms with Crippen LogP contribution in [0.25, 0.3) is 10.1 Å². The molecule has 1 aromatic carbocycles. The van der Waals surface area contributed by atoms with Gasteiger partial charge < -0.3 is 5.11 Å². The van der Waals surface area contributed by atoms with Crippen LogP contribution in [0, 0.1) is 0 Å². The molecule has 1 heterocycles. The van der Waals surface area contributed by atoms with Gasteiger partial charge in [-0.15, -0.1) is 11.3 Å². The van der Waals surface area contributed by atoms with E-state index in [-0.39, 0.29) is 0 Å². The number of halogens is 1. The maximum atomic E-state index is 10.7. The Morgan fingerprint density at radius 3 is 2.85 bits per heavy atom. The highest BCUT2D eigenvalue weighted by molar-refractivity contribution is 9.10. The van der Waals surface area contributed by atoms with Gasteiger partial charge in [0.25, 0.3) is 0 Å². The first-order chi connectivity index (χ1) is 6.18. The van der Waals surface area contributed by atoms with E-state index in [2.05, 4.69) is 15.9 Å². The highest BCUT2D eigenvalue weighted by Crippen LogP contribution is 2.31. The van der Waals surface area contributed by atoms with Crippen molar-refractivity contribution >= 4 is 43.3 Å². The summed E-state index contributed by atoms with van der Waals surface area (Å²) in [7, 11) is 0. The minimum absolute atomic E-state index is 0.377. The molecule has 0 unspecified atom stereocenters. The van der Waals surface area contributed by atoms with E-state index in [1.807, 2.05) is 18.2 Å². The van der Waals surface area contributed by atoms with Crippen molar-refractivity contribution in [3.8, 4) is 0 Å². The van der Waals surface area contributed by atoms with Crippen LogP contribution in [-0.2, 0) is 0 Å². The van der Waals surface area contributed by atoms with Gasteiger partial charge in [-0.05, 0) is 18.2 Å². The van der Waals surface area contributed by atoms with Crippen molar-refractivity contribution in [2.24, 2.45) is 0 Å². The monoisotopic (exact) mass is 256 g/mol.